The molecule has 1 fully saturated rings. The highest BCUT2D eigenvalue weighted by Crippen LogP contribution is 2.25. The molecule has 1 atom stereocenters. The van der Waals surface area contributed by atoms with E-state index in [1.54, 1.807) is 19.0 Å². The van der Waals surface area contributed by atoms with Gasteiger partial charge in [0, 0.05) is 20.6 Å². The summed E-state index contributed by atoms with van der Waals surface area (Å²) in [7, 11) is 3.56. The second-order valence-electron chi connectivity index (χ2n) is 4.84. The first-order chi connectivity index (χ1) is 8.59. The van der Waals surface area contributed by atoms with Gasteiger partial charge in [-0.25, -0.2) is 4.79 Å². The lowest BCUT2D eigenvalue weighted by molar-refractivity contribution is -0.0191. The van der Waals surface area contributed by atoms with E-state index in [-0.39, 0.29) is 12.1 Å². The smallest absolute Gasteiger partial charge is 0.319 e. The van der Waals surface area contributed by atoms with Gasteiger partial charge in [0.25, 0.3) is 0 Å². The van der Waals surface area contributed by atoms with Crippen molar-refractivity contribution in [3.05, 3.63) is 35.4 Å². The van der Waals surface area contributed by atoms with Crippen molar-refractivity contribution < 1.29 is 9.53 Å². The molecule has 1 aliphatic rings. The summed E-state index contributed by atoms with van der Waals surface area (Å²) in [6.07, 6.45) is -0.0103. The molecule has 2 amide bonds. The van der Waals surface area contributed by atoms with Crippen LogP contribution in [0.2, 0.25) is 0 Å². The summed E-state index contributed by atoms with van der Waals surface area (Å²) >= 11 is 0. The Kier molecular flexibility index (Phi) is 3.87. The van der Waals surface area contributed by atoms with Crippen molar-refractivity contribution in [3.63, 3.8) is 0 Å². The number of amides is 2. The van der Waals surface area contributed by atoms with Crippen molar-refractivity contribution >= 4 is 6.03 Å². The first-order valence-electron chi connectivity index (χ1n) is 6.23. The fourth-order valence-corrected chi connectivity index (χ4v) is 2.24. The highest BCUT2D eigenvalue weighted by molar-refractivity contribution is 5.74. The number of aryl methyl sites for hydroxylation is 1. The molecule has 1 heterocycles. The van der Waals surface area contributed by atoms with Crippen LogP contribution in [0.4, 0.5) is 4.79 Å². The van der Waals surface area contributed by atoms with Gasteiger partial charge in [-0.1, -0.05) is 24.3 Å². The molecule has 0 radical (unpaired) electrons. The van der Waals surface area contributed by atoms with E-state index in [2.05, 4.69) is 19.1 Å². The Balaban J connectivity index is 2.12. The van der Waals surface area contributed by atoms with Gasteiger partial charge in [0.15, 0.2) is 0 Å². The van der Waals surface area contributed by atoms with Crippen LogP contribution in [0.15, 0.2) is 24.3 Å². The van der Waals surface area contributed by atoms with E-state index in [1.165, 1.54) is 11.1 Å². The Labute approximate surface area is 108 Å². The van der Waals surface area contributed by atoms with Crippen molar-refractivity contribution in [2.75, 3.05) is 33.8 Å². The summed E-state index contributed by atoms with van der Waals surface area (Å²) in [6.45, 7) is 3.96. The quantitative estimate of drug-likeness (QED) is 0.762. The zero-order valence-corrected chi connectivity index (χ0v) is 11.2. The minimum Gasteiger partial charge on any atom is -0.370 e. The lowest BCUT2D eigenvalue weighted by Gasteiger charge is -2.35. The van der Waals surface area contributed by atoms with Gasteiger partial charge in [0.2, 0.25) is 0 Å². The number of hydrogen-bond acceptors (Lipinski definition) is 2. The van der Waals surface area contributed by atoms with Crippen molar-refractivity contribution in [2.45, 2.75) is 13.0 Å². The minimum absolute atomic E-state index is 0.0103. The zero-order valence-electron chi connectivity index (χ0n) is 11.2. The molecule has 0 aliphatic carbocycles. The minimum atomic E-state index is -0.0103. The molecule has 1 aliphatic heterocycles. The molecular formula is C14H20N2O2. The zero-order chi connectivity index (χ0) is 13.1. The second kappa shape index (κ2) is 5.40. The Bertz CT molecular complexity index is 432. The first-order valence-corrected chi connectivity index (χ1v) is 6.23. The van der Waals surface area contributed by atoms with Crippen LogP contribution in [0.25, 0.3) is 0 Å². The second-order valence-corrected chi connectivity index (χ2v) is 4.84. The van der Waals surface area contributed by atoms with Gasteiger partial charge >= 0.3 is 6.03 Å². The SMILES string of the molecule is Cc1ccccc1C1CN(C(=O)N(C)C)CCO1. The van der Waals surface area contributed by atoms with Crippen molar-refractivity contribution in [1.29, 1.82) is 0 Å². The van der Waals surface area contributed by atoms with E-state index in [9.17, 15) is 4.79 Å². The van der Waals surface area contributed by atoms with Crippen molar-refractivity contribution in [3.8, 4) is 0 Å². The number of urea groups is 1. The molecule has 0 spiro atoms. The lowest BCUT2D eigenvalue weighted by Crippen LogP contribution is -2.46. The van der Waals surface area contributed by atoms with E-state index in [1.807, 2.05) is 17.0 Å². The third-order valence-electron chi connectivity index (χ3n) is 3.25. The highest BCUT2D eigenvalue weighted by Gasteiger charge is 2.26. The molecule has 2 rings (SSSR count). The molecule has 4 nitrogen and oxygen atoms in total. The van der Waals surface area contributed by atoms with Gasteiger partial charge in [-0.15, -0.1) is 0 Å². The number of benzene rings is 1. The molecule has 1 unspecified atom stereocenters. The predicted molar refractivity (Wildman–Crippen MR) is 70.5 cm³/mol. The molecule has 98 valence electrons. The van der Waals surface area contributed by atoms with Crippen LogP contribution in [0.3, 0.4) is 0 Å². The van der Waals surface area contributed by atoms with Gasteiger partial charge in [-0.3, -0.25) is 0 Å². The number of rotatable bonds is 1. The van der Waals surface area contributed by atoms with E-state index in [4.69, 9.17) is 4.74 Å². The Morgan fingerprint density at radius 2 is 2.11 bits per heavy atom. The molecule has 1 saturated heterocycles. The average molecular weight is 248 g/mol. The Morgan fingerprint density at radius 3 is 2.78 bits per heavy atom. The Hall–Kier alpha value is -1.55. The number of carbonyl (C=O) groups excluding carboxylic acids is 1. The number of ether oxygens (including phenoxy) is 1. The maximum Gasteiger partial charge on any atom is 0.319 e. The summed E-state index contributed by atoms with van der Waals surface area (Å²) in [5.74, 6) is 0. The van der Waals surface area contributed by atoms with Gasteiger partial charge in [-0.2, -0.15) is 0 Å². The van der Waals surface area contributed by atoms with Crippen LogP contribution in [0.5, 0.6) is 0 Å². The van der Waals surface area contributed by atoms with E-state index in [0.717, 1.165) is 0 Å². The molecule has 1 aromatic rings. The number of carbonyl (C=O) groups is 1. The molecule has 0 N–H and O–H groups in total. The van der Waals surface area contributed by atoms with Gasteiger partial charge in [0.05, 0.1) is 13.2 Å². The normalized spacial score (nSPS) is 19.7. The standard InChI is InChI=1S/C14H20N2O2/c1-11-6-4-5-7-12(11)13-10-16(8-9-18-13)14(17)15(2)3/h4-7,13H,8-10H2,1-3H3. The molecule has 18 heavy (non-hydrogen) atoms. The highest BCUT2D eigenvalue weighted by atomic mass is 16.5. The van der Waals surface area contributed by atoms with Crippen LogP contribution >= 0.6 is 0 Å². The van der Waals surface area contributed by atoms with Crippen LogP contribution in [0, 0.1) is 6.92 Å². The molecule has 4 heteroatoms. The monoisotopic (exact) mass is 248 g/mol. The Morgan fingerprint density at radius 1 is 1.39 bits per heavy atom. The van der Waals surface area contributed by atoms with Crippen LogP contribution in [-0.4, -0.2) is 49.6 Å². The van der Waals surface area contributed by atoms with Gasteiger partial charge in [0.1, 0.15) is 6.10 Å². The van der Waals surface area contributed by atoms with Crippen LogP contribution in [0.1, 0.15) is 17.2 Å². The van der Waals surface area contributed by atoms with Crippen molar-refractivity contribution in [2.24, 2.45) is 0 Å². The number of hydrogen-bond donors (Lipinski definition) is 0. The van der Waals surface area contributed by atoms with E-state index in [0.29, 0.717) is 19.7 Å². The summed E-state index contributed by atoms with van der Waals surface area (Å²) in [6, 6.07) is 8.23. The predicted octanol–water partition coefficient (Wildman–Crippen LogP) is 2.05. The fraction of sp³-hybridized carbons (Fsp3) is 0.500. The number of nitrogens with zero attached hydrogens (tertiary/aromatic N) is 2. The fourth-order valence-electron chi connectivity index (χ4n) is 2.24. The molecule has 0 bridgehead atoms. The van der Waals surface area contributed by atoms with Crippen LogP contribution < -0.4 is 0 Å². The maximum atomic E-state index is 12.0. The summed E-state index contributed by atoms with van der Waals surface area (Å²) < 4.78 is 5.79. The van der Waals surface area contributed by atoms with E-state index >= 15 is 0 Å². The summed E-state index contributed by atoms with van der Waals surface area (Å²) in [4.78, 5) is 15.4. The van der Waals surface area contributed by atoms with Crippen LogP contribution in [-0.2, 0) is 4.74 Å². The largest absolute Gasteiger partial charge is 0.370 e. The lowest BCUT2D eigenvalue weighted by atomic mass is 10.0. The summed E-state index contributed by atoms with van der Waals surface area (Å²) in [5.41, 5.74) is 2.38. The maximum absolute atomic E-state index is 12.0. The average Bonchev–Trinajstić information content (AvgIpc) is 2.38. The van der Waals surface area contributed by atoms with Gasteiger partial charge in [-0.05, 0) is 18.1 Å². The van der Waals surface area contributed by atoms with E-state index < -0.39 is 0 Å². The van der Waals surface area contributed by atoms with Gasteiger partial charge < -0.3 is 14.5 Å². The molecule has 1 aromatic carbocycles. The molecule has 0 saturated carbocycles. The van der Waals surface area contributed by atoms with Crippen molar-refractivity contribution in [1.82, 2.24) is 9.80 Å². The molecule has 0 aromatic heterocycles. The summed E-state index contributed by atoms with van der Waals surface area (Å²) in [5, 5.41) is 0. The number of morpholine rings is 1. The third-order valence-corrected chi connectivity index (χ3v) is 3.25. The first kappa shape index (κ1) is 12.9. The molecular weight excluding hydrogens is 228 g/mol. The third kappa shape index (κ3) is 2.64. The topological polar surface area (TPSA) is 32.8 Å².